The van der Waals surface area contributed by atoms with Crippen molar-refractivity contribution in [1.82, 2.24) is 38.8 Å². The molecule has 6 aromatic rings. The van der Waals surface area contributed by atoms with Gasteiger partial charge in [-0.05, 0) is 84.8 Å². The van der Waals surface area contributed by atoms with Crippen LogP contribution < -0.4 is 15.9 Å². The molecule has 1 unspecified atom stereocenters. The van der Waals surface area contributed by atoms with Gasteiger partial charge in [-0.2, -0.15) is 17.7 Å². The number of rotatable bonds is 11. The van der Waals surface area contributed by atoms with E-state index >= 15 is 0 Å². The number of hydrogen-bond donors (Lipinski definition) is 1. The van der Waals surface area contributed by atoms with Crippen LogP contribution in [-0.2, 0) is 35.8 Å². The third kappa shape index (κ3) is 9.07. The monoisotopic (exact) mass is 929 g/mol. The maximum atomic E-state index is 14.5. The Morgan fingerprint density at radius 2 is 1.59 bits per heavy atom. The van der Waals surface area contributed by atoms with E-state index in [1.54, 1.807) is 66.1 Å². The molecule has 0 saturated carbocycles. The number of nitrogens with one attached hydrogen (secondary N) is 1. The lowest BCUT2D eigenvalue weighted by Crippen LogP contribution is -2.42. The van der Waals surface area contributed by atoms with Gasteiger partial charge in [0.05, 0.1) is 22.3 Å². The smallest absolute Gasteiger partial charge is 0.371 e. The van der Waals surface area contributed by atoms with Crippen molar-refractivity contribution in [3.63, 3.8) is 0 Å². The number of anilines is 1. The number of benzene rings is 3. The first-order valence-electron chi connectivity index (χ1n) is 22.3. The summed E-state index contributed by atoms with van der Waals surface area (Å²) in [6, 6.07) is 20.8. The fourth-order valence-electron chi connectivity index (χ4n) is 9.21. The van der Waals surface area contributed by atoms with E-state index in [1.165, 1.54) is 16.8 Å². The predicted octanol–water partition coefficient (Wildman–Crippen LogP) is 4.85. The second-order valence-electron chi connectivity index (χ2n) is 17.7. The number of nitrogens with zero attached hydrogens (tertiary/aromatic N) is 9. The lowest BCUT2D eigenvalue weighted by atomic mass is 9.88. The minimum absolute atomic E-state index is 0.00489. The SMILES string of the molecule is CN(CCN(C)C(=O)c1cc(C(F)(F)F)c2cn(-c3cccc(Cc4nncn4C)c3)c(=O)n2c1)C(=O)c1ccc(C2CCN(c3ccc4c(c3)C[N+](=CC3CCC(=O)NC3=O)C4=O)CC2)cc1. The number of imidazole rings is 1. The first kappa shape index (κ1) is 45.5. The standard InChI is InChI=1S/C49H47F3N10O6/c1-56(19-20-57(2)46(66)36-24-40(49(50,51)52)41-28-61(48(68)62(41)27-36)38-6-4-5-30(21-38)22-42-55-53-29-58(42)3)45(65)33-9-7-31(8-10-33)32-15-17-59(18-16-32)37-12-13-39-35(23-37)26-60(47(39)67)25-34-11-14-43(63)54-44(34)64/h4-10,12-13,21,23-25,27-29,32,34H,11,14-20,22,26H2,1-3H3/p+1. The molecule has 6 heterocycles. The summed E-state index contributed by atoms with van der Waals surface area (Å²) in [6.07, 6.45) is 3.27. The highest BCUT2D eigenvalue weighted by molar-refractivity contribution is 6.05. The quantitative estimate of drug-likeness (QED) is 0.141. The van der Waals surface area contributed by atoms with Crippen molar-refractivity contribution in [2.24, 2.45) is 13.0 Å². The van der Waals surface area contributed by atoms with E-state index in [1.807, 2.05) is 36.4 Å². The van der Waals surface area contributed by atoms with E-state index in [4.69, 9.17) is 0 Å². The van der Waals surface area contributed by atoms with Crippen LogP contribution in [0.5, 0.6) is 0 Å². The van der Waals surface area contributed by atoms with Gasteiger partial charge in [0.15, 0.2) is 12.8 Å². The highest BCUT2D eigenvalue weighted by Crippen LogP contribution is 2.35. The number of likely N-dealkylation sites (N-methyl/N-ethyl adjacent to an activating group) is 2. The van der Waals surface area contributed by atoms with Crippen molar-refractivity contribution in [3.8, 4) is 5.69 Å². The van der Waals surface area contributed by atoms with Gasteiger partial charge in [-0.25, -0.2) is 9.59 Å². The van der Waals surface area contributed by atoms with Gasteiger partial charge >= 0.3 is 17.8 Å². The van der Waals surface area contributed by atoms with E-state index in [0.29, 0.717) is 42.0 Å². The third-order valence-corrected chi connectivity index (χ3v) is 13.2. The Hall–Kier alpha value is -7.70. The molecule has 19 heteroatoms. The molecule has 16 nitrogen and oxygen atoms in total. The van der Waals surface area contributed by atoms with Crippen molar-refractivity contribution in [3.05, 3.63) is 147 Å². The number of pyridine rings is 1. The molecule has 0 spiro atoms. The molecule has 3 aromatic carbocycles. The molecule has 5 amide bonds. The highest BCUT2D eigenvalue weighted by atomic mass is 19.4. The fraction of sp³-hybridized carbons (Fsp3) is 0.327. The molecule has 0 aliphatic carbocycles. The molecule has 0 radical (unpaired) electrons. The minimum Gasteiger partial charge on any atom is -0.371 e. The van der Waals surface area contributed by atoms with Crippen LogP contribution in [0.2, 0.25) is 0 Å². The number of amides is 5. The molecule has 68 heavy (non-hydrogen) atoms. The van der Waals surface area contributed by atoms with Crippen molar-refractivity contribution in [1.29, 1.82) is 0 Å². The van der Waals surface area contributed by atoms with Crippen LogP contribution >= 0.6 is 0 Å². The van der Waals surface area contributed by atoms with E-state index in [-0.39, 0.29) is 54.6 Å². The average molecular weight is 930 g/mol. The van der Waals surface area contributed by atoms with Crippen molar-refractivity contribution in [2.45, 2.75) is 50.7 Å². The normalized spacial score (nSPS) is 17.2. The Kier molecular flexibility index (Phi) is 12.2. The van der Waals surface area contributed by atoms with Crippen LogP contribution in [0.15, 0.2) is 96.3 Å². The van der Waals surface area contributed by atoms with Gasteiger partial charge in [-0.1, -0.05) is 24.3 Å². The van der Waals surface area contributed by atoms with E-state index < -0.39 is 34.8 Å². The molecule has 3 aromatic heterocycles. The fourth-order valence-corrected chi connectivity index (χ4v) is 9.21. The van der Waals surface area contributed by atoms with Crippen LogP contribution in [0.1, 0.15) is 90.8 Å². The molecule has 3 aliphatic rings. The van der Waals surface area contributed by atoms with Crippen molar-refractivity contribution < 1.29 is 41.7 Å². The summed E-state index contributed by atoms with van der Waals surface area (Å²) >= 11 is 0. The van der Waals surface area contributed by atoms with Gasteiger partial charge in [0, 0.05) is 89.4 Å². The Balaban J connectivity index is 0.801. The van der Waals surface area contributed by atoms with Crippen LogP contribution in [0.4, 0.5) is 18.9 Å². The number of carbonyl (C=O) groups excluding carboxylic acids is 5. The largest absolute Gasteiger partial charge is 0.419 e. The molecule has 2 fully saturated rings. The molecule has 9 rings (SSSR count). The molecule has 2 saturated heterocycles. The number of aromatic nitrogens is 5. The second kappa shape index (κ2) is 18.2. The van der Waals surface area contributed by atoms with Crippen LogP contribution in [0.3, 0.4) is 0 Å². The van der Waals surface area contributed by atoms with Gasteiger partial charge < -0.3 is 19.3 Å². The summed E-state index contributed by atoms with van der Waals surface area (Å²) in [5, 5.41) is 10.3. The summed E-state index contributed by atoms with van der Waals surface area (Å²) < 4.78 is 48.8. The van der Waals surface area contributed by atoms with Crippen molar-refractivity contribution >= 4 is 47.0 Å². The molecular formula is C49H48F3N10O6+. The van der Waals surface area contributed by atoms with Gasteiger partial charge in [-0.3, -0.25) is 33.5 Å². The van der Waals surface area contributed by atoms with Gasteiger partial charge in [0.2, 0.25) is 11.8 Å². The summed E-state index contributed by atoms with van der Waals surface area (Å²) in [4.78, 5) is 82.7. The summed E-state index contributed by atoms with van der Waals surface area (Å²) in [5.41, 5.74) is 2.49. The number of imide groups is 1. The maximum absolute atomic E-state index is 14.5. The Morgan fingerprint density at radius 3 is 2.26 bits per heavy atom. The first-order chi connectivity index (χ1) is 32.5. The Morgan fingerprint density at radius 1 is 0.868 bits per heavy atom. The van der Waals surface area contributed by atoms with Gasteiger partial charge in [0.25, 0.3) is 11.8 Å². The Labute approximate surface area is 387 Å². The van der Waals surface area contributed by atoms with Crippen molar-refractivity contribution in [2.75, 3.05) is 45.2 Å². The first-order valence-corrected chi connectivity index (χ1v) is 22.3. The highest BCUT2D eigenvalue weighted by Gasteiger charge is 2.38. The number of carbonyl (C=O) groups is 5. The Bertz CT molecular complexity index is 3090. The lowest BCUT2D eigenvalue weighted by Gasteiger charge is -2.34. The predicted molar refractivity (Wildman–Crippen MR) is 243 cm³/mol. The summed E-state index contributed by atoms with van der Waals surface area (Å²) in [6.45, 7) is 2.02. The number of piperidine rings is 2. The molecule has 0 bridgehead atoms. The number of alkyl halides is 3. The number of halogens is 3. The third-order valence-electron chi connectivity index (χ3n) is 13.2. The molecule has 1 atom stereocenters. The maximum Gasteiger partial charge on any atom is 0.419 e. The number of aryl methyl sites for hydroxylation is 1. The van der Waals surface area contributed by atoms with E-state index in [2.05, 4.69) is 20.4 Å². The zero-order valence-corrected chi connectivity index (χ0v) is 37.6. The van der Waals surface area contributed by atoms with E-state index in [0.717, 1.165) is 75.7 Å². The summed E-state index contributed by atoms with van der Waals surface area (Å²) in [5.74, 6) is -1.50. The molecule has 3 aliphatic heterocycles. The average Bonchev–Trinajstić information content (AvgIpc) is 4.00. The zero-order valence-electron chi connectivity index (χ0n) is 37.6. The van der Waals surface area contributed by atoms with Crippen LogP contribution in [0, 0.1) is 5.92 Å². The molecule has 1 N–H and O–H groups in total. The van der Waals surface area contributed by atoms with Crippen LogP contribution in [0.25, 0.3) is 11.2 Å². The number of fused-ring (bicyclic) bond motifs is 2. The molecular weight excluding hydrogens is 882 g/mol. The lowest BCUT2D eigenvalue weighted by molar-refractivity contribution is -0.434. The summed E-state index contributed by atoms with van der Waals surface area (Å²) in [7, 11) is 4.81. The van der Waals surface area contributed by atoms with E-state index in [9.17, 15) is 41.9 Å². The second-order valence-corrected chi connectivity index (χ2v) is 17.7. The molecule has 350 valence electrons. The zero-order chi connectivity index (χ0) is 48.0. The van der Waals surface area contributed by atoms with Crippen LogP contribution in [-0.4, -0.2) is 114 Å². The number of hydrogen-bond acceptors (Lipinski definition) is 9. The van der Waals surface area contributed by atoms with Gasteiger partial charge in [-0.15, -0.1) is 10.2 Å². The minimum atomic E-state index is -4.88. The topological polar surface area (TPSA) is 167 Å². The van der Waals surface area contributed by atoms with Gasteiger partial charge in [0.1, 0.15) is 23.6 Å².